The van der Waals surface area contributed by atoms with Gasteiger partial charge in [-0.25, -0.2) is 4.99 Å². The molecule has 0 aliphatic rings. The lowest BCUT2D eigenvalue weighted by molar-refractivity contribution is -0.137. The summed E-state index contributed by atoms with van der Waals surface area (Å²) in [6.07, 6.45) is -0.614. The van der Waals surface area contributed by atoms with Gasteiger partial charge in [0.15, 0.2) is 0 Å². The molecule has 2 aromatic rings. The number of H-pyrrole nitrogens is 1. The molecule has 0 unspecified atom stereocenters. The average Bonchev–Trinajstić information content (AvgIpc) is 2.74. The van der Waals surface area contributed by atoms with E-state index in [2.05, 4.69) is 16.7 Å². The number of aromatic amines is 1. The number of aryl methyl sites for hydroxylation is 1. The van der Waals surface area contributed by atoms with E-state index in [0.29, 0.717) is 11.4 Å². The number of benzene rings is 1. The highest BCUT2D eigenvalue weighted by atomic mass is 19.4. The lowest BCUT2D eigenvalue weighted by atomic mass is 9.99. The number of hydrogen-bond donors (Lipinski definition) is 1. The van der Waals surface area contributed by atoms with Gasteiger partial charge in [-0.15, -0.1) is 0 Å². The third kappa shape index (κ3) is 2.91. The third-order valence-electron chi connectivity index (χ3n) is 3.20. The van der Waals surface area contributed by atoms with Gasteiger partial charge in [0.05, 0.1) is 5.56 Å². The second-order valence-corrected chi connectivity index (χ2v) is 4.62. The summed E-state index contributed by atoms with van der Waals surface area (Å²) in [7, 11) is 0. The van der Waals surface area contributed by atoms with Gasteiger partial charge in [0.25, 0.3) is 0 Å². The number of nitrogens with zero attached hydrogens (tertiary/aromatic N) is 1. The van der Waals surface area contributed by atoms with Crippen molar-refractivity contribution in [1.29, 1.82) is 0 Å². The Morgan fingerprint density at radius 2 is 1.81 bits per heavy atom. The Kier molecular flexibility index (Phi) is 4.02. The summed E-state index contributed by atoms with van der Waals surface area (Å²) in [5, 5.41) is 0. The first-order valence-corrected chi connectivity index (χ1v) is 6.38. The maximum Gasteiger partial charge on any atom is 0.416 e. The summed E-state index contributed by atoms with van der Waals surface area (Å²) < 4.78 is 37.9. The Morgan fingerprint density at radius 3 is 2.29 bits per heavy atom. The summed E-state index contributed by atoms with van der Waals surface area (Å²) in [6.45, 7) is 7.23. The van der Waals surface area contributed by atoms with Gasteiger partial charge in [0.1, 0.15) is 5.82 Å². The van der Waals surface area contributed by atoms with Crippen molar-refractivity contribution in [2.24, 2.45) is 4.99 Å². The third-order valence-corrected chi connectivity index (χ3v) is 3.20. The van der Waals surface area contributed by atoms with Gasteiger partial charge in [0, 0.05) is 16.8 Å². The SMILES string of the molecule is C=Nc1[nH]c(C)c(-c2ccc(C(F)(F)F)cc2)c1/C=C\C. The van der Waals surface area contributed by atoms with E-state index in [4.69, 9.17) is 0 Å². The molecule has 0 aliphatic carbocycles. The highest BCUT2D eigenvalue weighted by Crippen LogP contribution is 2.37. The number of allylic oxidation sites excluding steroid dienone is 1. The van der Waals surface area contributed by atoms with Crippen LogP contribution in [0.2, 0.25) is 0 Å². The molecular formula is C16H15F3N2. The van der Waals surface area contributed by atoms with Gasteiger partial charge < -0.3 is 4.98 Å². The van der Waals surface area contributed by atoms with Crippen LogP contribution < -0.4 is 0 Å². The number of rotatable bonds is 3. The molecule has 2 rings (SSSR count). The first-order valence-electron chi connectivity index (χ1n) is 6.38. The summed E-state index contributed by atoms with van der Waals surface area (Å²) in [5.41, 5.74) is 2.55. The first kappa shape index (κ1) is 15.1. The van der Waals surface area contributed by atoms with Crippen LogP contribution in [-0.4, -0.2) is 11.7 Å². The van der Waals surface area contributed by atoms with Crippen molar-refractivity contribution in [2.75, 3.05) is 0 Å². The molecule has 1 aromatic heterocycles. The molecule has 0 bridgehead atoms. The van der Waals surface area contributed by atoms with Gasteiger partial charge >= 0.3 is 6.18 Å². The normalized spacial score (nSPS) is 12.0. The van der Waals surface area contributed by atoms with Crippen LogP contribution in [0.4, 0.5) is 19.0 Å². The molecule has 2 nitrogen and oxygen atoms in total. The minimum Gasteiger partial charge on any atom is -0.343 e. The minimum atomic E-state index is -4.33. The Hall–Kier alpha value is -2.30. The van der Waals surface area contributed by atoms with Crippen LogP contribution in [0.5, 0.6) is 0 Å². The maximum absolute atomic E-state index is 12.6. The molecule has 0 saturated heterocycles. The van der Waals surface area contributed by atoms with Crippen molar-refractivity contribution in [1.82, 2.24) is 4.98 Å². The zero-order chi connectivity index (χ0) is 15.6. The maximum atomic E-state index is 12.6. The number of alkyl halides is 3. The largest absolute Gasteiger partial charge is 0.416 e. The van der Waals surface area contributed by atoms with Crippen molar-refractivity contribution in [3.63, 3.8) is 0 Å². The van der Waals surface area contributed by atoms with Crippen molar-refractivity contribution >= 4 is 18.6 Å². The molecule has 0 saturated carbocycles. The number of hydrogen-bond acceptors (Lipinski definition) is 1. The summed E-state index contributed by atoms with van der Waals surface area (Å²) in [6, 6.07) is 5.11. The van der Waals surface area contributed by atoms with Gasteiger partial charge in [-0.05, 0) is 38.3 Å². The molecule has 0 amide bonds. The fourth-order valence-corrected chi connectivity index (χ4v) is 2.28. The van der Waals surface area contributed by atoms with Gasteiger partial charge in [-0.3, -0.25) is 0 Å². The average molecular weight is 292 g/mol. The summed E-state index contributed by atoms with van der Waals surface area (Å²) in [4.78, 5) is 7.00. The van der Waals surface area contributed by atoms with Crippen LogP contribution in [0.3, 0.4) is 0 Å². The van der Waals surface area contributed by atoms with E-state index in [1.165, 1.54) is 12.1 Å². The molecule has 0 spiro atoms. The number of aromatic nitrogens is 1. The van der Waals surface area contributed by atoms with Gasteiger partial charge in [-0.1, -0.05) is 24.3 Å². The molecule has 21 heavy (non-hydrogen) atoms. The van der Waals surface area contributed by atoms with Crippen LogP contribution >= 0.6 is 0 Å². The van der Waals surface area contributed by atoms with Crippen LogP contribution in [0, 0.1) is 6.92 Å². The number of aliphatic imine (C=N–C) groups is 1. The lowest BCUT2D eigenvalue weighted by Gasteiger charge is -2.08. The van der Waals surface area contributed by atoms with Crippen LogP contribution in [0.1, 0.15) is 23.7 Å². The van der Waals surface area contributed by atoms with E-state index in [0.717, 1.165) is 29.0 Å². The molecule has 110 valence electrons. The van der Waals surface area contributed by atoms with Crippen LogP contribution in [0.25, 0.3) is 17.2 Å². The molecule has 0 aliphatic heterocycles. The van der Waals surface area contributed by atoms with Crippen LogP contribution in [-0.2, 0) is 6.18 Å². The Bertz CT molecular complexity index is 677. The zero-order valence-electron chi connectivity index (χ0n) is 11.8. The highest BCUT2D eigenvalue weighted by molar-refractivity contribution is 5.84. The quantitative estimate of drug-likeness (QED) is 0.736. The predicted molar refractivity (Wildman–Crippen MR) is 79.9 cm³/mol. The molecule has 0 radical (unpaired) electrons. The summed E-state index contributed by atoms with van der Waals surface area (Å²) >= 11 is 0. The number of nitrogens with one attached hydrogen (secondary N) is 1. The van der Waals surface area contributed by atoms with Crippen molar-refractivity contribution in [3.8, 4) is 11.1 Å². The Balaban J connectivity index is 2.56. The van der Waals surface area contributed by atoms with E-state index < -0.39 is 11.7 Å². The van der Waals surface area contributed by atoms with Crippen LogP contribution in [0.15, 0.2) is 35.3 Å². The fraction of sp³-hybridized carbons (Fsp3) is 0.188. The fourth-order valence-electron chi connectivity index (χ4n) is 2.28. The lowest BCUT2D eigenvalue weighted by Crippen LogP contribution is -2.04. The monoisotopic (exact) mass is 292 g/mol. The van der Waals surface area contributed by atoms with Crippen molar-refractivity contribution in [2.45, 2.75) is 20.0 Å². The van der Waals surface area contributed by atoms with E-state index in [-0.39, 0.29) is 0 Å². The number of halogens is 3. The Morgan fingerprint density at radius 1 is 1.19 bits per heavy atom. The van der Waals surface area contributed by atoms with E-state index in [1.54, 1.807) is 0 Å². The molecular weight excluding hydrogens is 277 g/mol. The van der Waals surface area contributed by atoms with Gasteiger partial charge in [-0.2, -0.15) is 13.2 Å². The second-order valence-electron chi connectivity index (χ2n) is 4.62. The second kappa shape index (κ2) is 5.60. The molecule has 5 heteroatoms. The highest BCUT2D eigenvalue weighted by Gasteiger charge is 2.30. The molecule has 0 atom stereocenters. The molecule has 0 fully saturated rings. The zero-order valence-corrected chi connectivity index (χ0v) is 11.8. The first-order chi connectivity index (χ1) is 9.88. The smallest absolute Gasteiger partial charge is 0.343 e. The van der Waals surface area contributed by atoms with Gasteiger partial charge in [0.2, 0.25) is 0 Å². The topological polar surface area (TPSA) is 28.1 Å². The standard InChI is InChI=1S/C16H15F3N2/c1-4-5-13-14(10(2)21-15(13)20-3)11-6-8-12(9-7-11)16(17,18)19/h4-9,21H,3H2,1-2H3/b5-4-. The van der Waals surface area contributed by atoms with E-state index >= 15 is 0 Å². The molecule has 1 heterocycles. The molecule has 1 N–H and O–H groups in total. The summed E-state index contributed by atoms with van der Waals surface area (Å²) in [5.74, 6) is 0.612. The van der Waals surface area contributed by atoms with Crippen molar-refractivity contribution in [3.05, 3.63) is 47.2 Å². The van der Waals surface area contributed by atoms with Crippen molar-refractivity contribution < 1.29 is 13.2 Å². The Labute approximate surface area is 121 Å². The predicted octanol–water partition coefficient (Wildman–Crippen LogP) is 5.37. The van der Waals surface area contributed by atoms with E-state index in [9.17, 15) is 13.2 Å². The van der Waals surface area contributed by atoms with E-state index in [1.807, 2.05) is 26.0 Å². The molecule has 1 aromatic carbocycles. The minimum absolute atomic E-state index is 0.612.